The van der Waals surface area contributed by atoms with Crippen LogP contribution in [-0.4, -0.2) is 13.7 Å². The van der Waals surface area contributed by atoms with Crippen LogP contribution in [0.1, 0.15) is 0 Å². The van der Waals surface area contributed by atoms with Gasteiger partial charge in [-0.05, 0) is 102 Å². The van der Waals surface area contributed by atoms with Gasteiger partial charge in [-0.1, -0.05) is 109 Å². The van der Waals surface area contributed by atoms with E-state index in [4.69, 9.17) is 4.42 Å². The lowest BCUT2D eigenvalue weighted by atomic mass is 10.00. The number of furan rings is 1. The maximum absolute atomic E-state index is 6.76. The first kappa shape index (κ1) is 31.4. The van der Waals surface area contributed by atoms with Gasteiger partial charge in [-0.15, -0.1) is 0 Å². The molecule has 0 spiro atoms. The summed E-state index contributed by atoms with van der Waals surface area (Å²) >= 11 is 0. The summed E-state index contributed by atoms with van der Waals surface area (Å²) in [5, 5.41) is 9.56. The van der Waals surface area contributed by atoms with Crippen LogP contribution in [0.4, 0.5) is 0 Å². The standard InChI is InChI=1S/C54H33N3O/c1-2-13-36(14-3-1)55-49-24-11-7-20-43(49)53-51(55)29-27-42-45-32-35(26-30-52(45)58-54(42)53)34-25-28-50-44(31-34)41-19-6-10-23-48(41)57(50)38-16-12-15-37(33-38)56-46-21-8-4-17-39(46)40-18-5-9-22-47(40)56/h1-33H. The second-order valence-electron chi connectivity index (χ2n) is 15.3. The van der Waals surface area contributed by atoms with Crippen molar-refractivity contribution in [3.63, 3.8) is 0 Å². The average molecular weight is 740 g/mol. The molecule has 4 heterocycles. The Morgan fingerprint density at radius 2 is 0.741 bits per heavy atom. The summed E-state index contributed by atoms with van der Waals surface area (Å²) in [6.07, 6.45) is 0. The number of para-hydroxylation sites is 5. The van der Waals surface area contributed by atoms with Crippen LogP contribution < -0.4 is 0 Å². The van der Waals surface area contributed by atoms with Gasteiger partial charge in [0.25, 0.3) is 0 Å². The number of aromatic nitrogens is 3. The van der Waals surface area contributed by atoms with E-state index >= 15 is 0 Å². The van der Waals surface area contributed by atoms with E-state index in [9.17, 15) is 0 Å². The number of rotatable bonds is 4. The fraction of sp³-hybridized carbons (Fsp3) is 0. The number of fused-ring (bicyclic) bond motifs is 13. The summed E-state index contributed by atoms with van der Waals surface area (Å²) in [6.45, 7) is 0. The first-order valence-electron chi connectivity index (χ1n) is 19.8. The van der Waals surface area contributed by atoms with Gasteiger partial charge < -0.3 is 18.1 Å². The molecular formula is C54H33N3O. The van der Waals surface area contributed by atoms with Crippen LogP contribution in [0.3, 0.4) is 0 Å². The van der Waals surface area contributed by atoms with E-state index < -0.39 is 0 Å². The molecule has 0 aliphatic heterocycles. The van der Waals surface area contributed by atoms with E-state index in [2.05, 4.69) is 214 Å². The molecule has 9 aromatic carbocycles. The van der Waals surface area contributed by atoms with Crippen molar-refractivity contribution in [2.45, 2.75) is 0 Å². The molecule has 0 aliphatic carbocycles. The van der Waals surface area contributed by atoms with Crippen molar-refractivity contribution in [2.75, 3.05) is 0 Å². The van der Waals surface area contributed by atoms with Gasteiger partial charge in [-0.3, -0.25) is 0 Å². The first-order chi connectivity index (χ1) is 28.8. The molecule has 0 fully saturated rings. The van der Waals surface area contributed by atoms with E-state index in [1.54, 1.807) is 0 Å². The van der Waals surface area contributed by atoms with Crippen molar-refractivity contribution in [1.29, 1.82) is 0 Å². The molecule has 4 heteroatoms. The Hall–Kier alpha value is -7.82. The van der Waals surface area contributed by atoms with Crippen molar-refractivity contribution >= 4 is 87.4 Å². The Morgan fingerprint density at radius 3 is 1.40 bits per heavy atom. The fourth-order valence-electron chi connectivity index (χ4n) is 9.72. The highest BCUT2D eigenvalue weighted by molar-refractivity contribution is 6.24. The molecule has 13 rings (SSSR count). The van der Waals surface area contributed by atoms with Gasteiger partial charge in [-0.2, -0.15) is 0 Å². The lowest BCUT2D eigenvalue weighted by molar-refractivity contribution is 0.673. The van der Waals surface area contributed by atoms with E-state index in [-0.39, 0.29) is 0 Å². The summed E-state index contributed by atoms with van der Waals surface area (Å²) in [4.78, 5) is 0. The Balaban J connectivity index is 0.969. The van der Waals surface area contributed by atoms with Gasteiger partial charge in [0.15, 0.2) is 0 Å². The Morgan fingerprint density at radius 1 is 0.276 bits per heavy atom. The molecule has 0 unspecified atom stereocenters. The zero-order chi connectivity index (χ0) is 37.9. The van der Waals surface area contributed by atoms with Crippen LogP contribution in [0, 0.1) is 0 Å². The smallest absolute Gasteiger partial charge is 0.145 e. The SMILES string of the molecule is c1ccc(-n2c3ccccc3c3c4oc5ccc(-c6ccc7c(c6)c6ccccc6n7-c6cccc(-n7c8ccccc8c8ccccc87)c6)cc5c4ccc32)cc1. The number of nitrogens with zero attached hydrogens (tertiary/aromatic N) is 3. The molecule has 4 aromatic heterocycles. The molecule has 0 saturated heterocycles. The molecule has 270 valence electrons. The molecule has 0 radical (unpaired) electrons. The van der Waals surface area contributed by atoms with Gasteiger partial charge in [0.1, 0.15) is 11.2 Å². The Kier molecular flexibility index (Phi) is 6.41. The van der Waals surface area contributed by atoms with E-state index in [0.717, 1.165) is 55.5 Å². The molecule has 58 heavy (non-hydrogen) atoms. The lowest BCUT2D eigenvalue weighted by Gasteiger charge is -2.13. The molecule has 13 aromatic rings. The van der Waals surface area contributed by atoms with Gasteiger partial charge in [0.2, 0.25) is 0 Å². The summed E-state index contributed by atoms with van der Waals surface area (Å²) in [5.74, 6) is 0. The van der Waals surface area contributed by atoms with Gasteiger partial charge in [-0.25, -0.2) is 0 Å². The first-order valence-corrected chi connectivity index (χ1v) is 19.8. The third-order valence-electron chi connectivity index (χ3n) is 12.2. The number of benzene rings is 9. The van der Waals surface area contributed by atoms with Crippen LogP contribution in [0.15, 0.2) is 205 Å². The van der Waals surface area contributed by atoms with Gasteiger partial charge >= 0.3 is 0 Å². The molecule has 0 amide bonds. The van der Waals surface area contributed by atoms with Gasteiger partial charge in [0, 0.05) is 54.8 Å². The highest BCUT2D eigenvalue weighted by Crippen LogP contribution is 2.42. The second kappa shape index (κ2) is 11.8. The monoisotopic (exact) mass is 739 g/mol. The average Bonchev–Trinajstić information content (AvgIpc) is 4.02. The van der Waals surface area contributed by atoms with Crippen LogP contribution in [0.5, 0.6) is 0 Å². The zero-order valence-corrected chi connectivity index (χ0v) is 31.3. The van der Waals surface area contributed by atoms with Crippen molar-refractivity contribution in [1.82, 2.24) is 13.7 Å². The van der Waals surface area contributed by atoms with E-state index in [0.29, 0.717) is 0 Å². The molecule has 0 N–H and O–H groups in total. The summed E-state index contributed by atoms with van der Waals surface area (Å²) in [6, 6.07) is 72.4. The zero-order valence-electron chi connectivity index (χ0n) is 31.3. The quantitative estimate of drug-likeness (QED) is 0.177. The minimum atomic E-state index is 0.892. The molecular weight excluding hydrogens is 707 g/mol. The molecule has 0 aliphatic rings. The van der Waals surface area contributed by atoms with Crippen LogP contribution in [0.25, 0.3) is 116 Å². The van der Waals surface area contributed by atoms with Crippen molar-refractivity contribution in [3.05, 3.63) is 200 Å². The number of hydrogen-bond donors (Lipinski definition) is 0. The van der Waals surface area contributed by atoms with Crippen molar-refractivity contribution in [3.8, 4) is 28.2 Å². The third kappa shape index (κ3) is 4.34. The molecule has 0 saturated carbocycles. The molecule has 4 nitrogen and oxygen atoms in total. The maximum Gasteiger partial charge on any atom is 0.145 e. The second-order valence-corrected chi connectivity index (χ2v) is 15.3. The van der Waals surface area contributed by atoms with Crippen molar-refractivity contribution in [2.24, 2.45) is 0 Å². The molecule has 0 bridgehead atoms. The van der Waals surface area contributed by atoms with E-state index in [1.165, 1.54) is 60.1 Å². The normalized spacial score (nSPS) is 12.1. The Labute approximate surface area is 332 Å². The van der Waals surface area contributed by atoms with E-state index in [1.807, 2.05) is 0 Å². The van der Waals surface area contributed by atoms with Crippen molar-refractivity contribution < 1.29 is 4.42 Å². The van der Waals surface area contributed by atoms with Crippen LogP contribution in [0.2, 0.25) is 0 Å². The highest BCUT2D eigenvalue weighted by atomic mass is 16.3. The highest BCUT2D eigenvalue weighted by Gasteiger charge is 2.20. The summed E-state index contributed by atoms with van der Waals surface area (Å²) in [7, 11) is 0. The predicted molar refractivity (Wildman–Crippen MR) is 242 cm³/mol. The third-order valence-corrected chi connectivity index (χ3v) is 12.2. The predicted octanol–water partition coefficient (Wildman–Crippen LogP) is 14.5. The van der Waals surface area contributed by atoms with Crippen LogP contribution in [-0.2, 0) is 0 Å². The minimum Gasteiger partial charge on any atom is -0.455 e. The Bertz CT molecular complexity index is 3750. The van der Waals surface area contributed by atoms with Gasteiger partial charge in [0.05, 0.1) is 38.5 Å². The topological polar surface area (TPSA) is 27.9 Å². The molecule has 0 atom stereocenters. The van der Waals surface area contributed by atoms with Crippen LogP contribution >= 0.6 is 0 Å². The number of hydrogen-bond acceptors (Lipinski definition) is 1. The maximum atomic E-state index is 6.76. The largest absolute Gasteiger partial charge is 0.455 e. The summed E-state index contributed by atoms with van der Waals surface area (Å²) < 4.78 is 13.9. The lowest BCUT2D eigenvalue weighted by Crippen LogP contribution is -1.98. The summed E-state index contributed by atoms with van der Waals surface area (Å²) in [5.41, 5.74) is 14.6. The minimum absolute atomic E-state index is 0.892. The fourth-order valence-corrected chi connectivity index (χ4v) is 9.72.